The normalized spacial score (nSPS) is 15.3. The number of pyridine rings is 1. The minimum atomic E-state index is -3.85. The molecule has 0 unspecified atom stereocenters. The molecule has 1 aliphatic carbocycles. The van der Waals surface area contributed by atoms with Gasteiger partial charge < -0.3 is 10.3 Å². The van der Waals surface area contributed by atoms with Crippen LogP contribution < -0.4 is 10.7 Å². The van der Waals surface area contributed by atoms with Crippen molar-refractivity contribution in [3.05, 3.63) is 40.2 Å². The SMILES string of the molecule is CN(CCC#N)S(=O)(=O)c1ccc2[nH]cc(C(=O)NC3CCCCC3)c(=O)c2c1. The van der Waals surface area contributed by atoms with Gasteiger partial charge in [-0.2, -0.15) is 9.57 Å². The summed E-state index contributed by atoms with van der Waals surface area (Å²) in [6, 6.07) is 6.16. The van der Waals surface area contributed by atoms with Crippen molar-refractivity contribution in [1.82, 2.24) is 14.6 Å². The lowest BCUT2D eigenvalue weighted by molar-refractivity contribution is 0.0926. The number of nitriles is 1. The van der Waals surface area contributed by atoms with E-state index in [4.69, 9.17) is 5.26 Å². The molecule has 1 aromatic carbocycles. The molecule has 2 N–H and O–H groups in total. The monoisotopic (exact) mass is 416 g/mol. The molecule has 29 heavy (non-hydrogen) atoms. The zero-order valence-electron chi connectivity index (χ0n) is 16.3. The molecular formula is C20H24N4O4S. The highest BCUT2D eigenvalue weighted by Gasteiger charge is 2.23. The van der Waals surface area contributed by atoms with Gasteiger partial charge >= 0.3 is 0 Å². The Kier molecular flexibility index (Phi) is 6.35. The third kappa shape index (κ3) is 4.49. The molecule has 1 aromatic heterocycles. The number of benzene rings is 1. The maximum atomic E-state index is 12.9. The minimum absolute atomic E-state index is 0.0320. The van der Waals surface area contributed by atoms with Gasteiger partial charge in [0.2, 0.25) is 15.5 Å². The van der Waals surface area contributed by atoms with E-state index in [-0.39, 0.29) is 34.9 Å². The van der Waals surface area contributed by atoms with Crippen molar-refractivity contribution in [3.63, 3.8) is 0 Å². The van der Waals surface area contributed by atoms with Gasteiger partial charge in [-0.15, -0.1) is 0 Å². The zero-order valence-corrected chi connectivity index (χ0v) is 17.1. The van der Waals surface area contributed by atoms with Gasteiger partial charge in [0.25, 0.3) is 5.91 Å². The van der Waals surface area contributed by atoms with Gasteiger partial charge in [0, 0.05) is 43.2 Å². The summed E-state index contributed by atoms with van der Waals surface area (Å²) in [5.74, 6) is -0.445. The van der Waals surface area contributed by atoms with Crippen molar-refractivity contribution in [3.8, 4) is 6.07 Å². The Labute approximate surface area is 169 Å². The van der Waals surface area contributed by atoms with Crippen LogP contribution in [0.3, 0.4) is 0 Å². The summed E-state index contributed by atoms with van der Waals surface area (Å²) in [5.41, 5.74) is -0.0953. The maximum Gasteiger partial charge on any atom is 0.256 e. The number of aromatic amines is 1. The number of hydrogen-bond donors (Lipinski definition) is 2. The van der Waals surface area contributed by atoms with Crippen LogP contribution in [-0.2, 0) is 10.0 Å². The average molecular weight is 417 g/mol. The van der Waals surface area contributed by atoms with Gasteiger partial charge in [-0.25, -0.2) is 8.42 Å². The Balaban J connectivity index is 1.93. The molecule has 0 aliphatic heterocycles. The second-order valence-electron chi connectivity index (χ2n) is 7.28. The van der Waals surface area contributed by atoms with Crippen LogP contribution in [0.4, 0.5) is 0 Å². The lowest BCUT2D eigenvalue weighted by Crippen LogP contribution is -2.38. The zero-order chi connectivity index (χ0) is 21.0. The molecule has 3 rings (SSSR count). The molecule has 0 saturated heterocycles. The average Bonchev–Trinajstić information content (AvgIpc) is 2.72. The van der Waals surface area contributed by atoms with Crippen molar-refractivity contribution in [1.29, 1.82) is 5.26 Å². The number of carbonyl (C=O) groups excluding carboxylic acids is 1. The molecule has 1 aliphatic rings. The van der Waals surface area contributed by atoms with Gasteiger partial charge in [-0.3, -0.25) is 9.59 Å². The largest absolute Gasteiger partial charge is 0.360 e. The van der Waals surface area contributed by atoms with Gasteiger partial charge in [-0.05, 0) is 31.0 Å². The molecule has 9 heteroatoms. The molecule has 154 valence electrons. The third-order valence-corrected chi connectivity index (χ3v) is 7.14. The first-order valence-corrected chi connectivity index (χ1v) is 11.1. The van der Waals surface area contributed by atoms with Crippen molar-refractivity contribution < 1.29 is 13.2 Å². The number of fused-ring (bicyclic) bond motifs is 1. The molecule has 0 radical (unpaired) electrons. The highest BCUT2D eigenvalue weighted by atomic mass is 32.2. The van der Waals surface area contributed by atoms with Crippen LogP contribution in [0.5, 0.6) is 0 Å². The van der Waals surface area contributed by atoms with E-state index in [0.29, 0.717) is 5.52 Å². The van der Waals surface area contributed by atoms with Crippen LogP contribution in [-0.4, -0.2) is 43.2 Å². The molecule has 1 saturated carbocycles. The molecule has 1 fully saturated rings. The quantitative estimate of drug-likeness (QED) is 0.747. The second-order valence-corrected chi connectivity index (χ2v) is 9.33. The molecule has 0 spiro atoms. The molecule has 2 aromatic rings. The second kappa shape index (κ2) is 8.76. The first kappa shape index (κ1) is 21.0. The molecular weight excluding hydrogens is 392 g/mol. The molecule has 1 amide bonds. The van der Waals surface area contributed by atoms with Crippen LogP contribution in [0.2, 0.25) is 0 Å². The van der Waals surface area contributed by atoms with E-state index in [2.05, 4.69) is 10.3 Å². The van der Waals surface area contributed by atoms with Crippen molar-refractivity contribution in [2.75, 3.05) is 13.6 Å². The van der Waals surface area contributed by atoms with E-state index in [1.165, 1.54) is 31.4 Å². The standard InChI is InChI=1S/C20H24N4O4S/c1-24(11-5-10-21)29(27,28)15-8-9-18-16(12-15)19(25)17(13-22-18)20(26)23-14-6-3-2-4-7-14/h8-9,12-14H,2-7,11H2,1H3,(H,22,25)(H,23,26). The predicted molar refractivity (Wildman–Crippen MR) is 109 cm³/mol. The van der Waals surface area contributed by atoms with Crippen LogP contribution in [0, 0.1) is 11.3 Å². The molecule has 0 bridgehead atoms. The predicted octanol–water partition coefficient (Wildman–Crippen LogP) is 2.12. The minimum Gasteiger partial charge on any atom is -0.360 e. The fourth-order valence-corrected chi connectivity index (χ4v) is 4.74. The number of sulfonamides is 1. The van der Waals surface area contributed by atoms with Crippen LogP contribution >= 0.6 is 0 Å². The molecule has 0 atom stereocenters. The summed E-state index contributed by atoms with van der Waals surface area (Å²) in [7, 11) is -2.46. The number of aromatic nitrogens is 1. The number of carbonyl (C=O) groups is 1. The highest BCUT2D eigenvalue weighted by Crippen LogP contribution is 2.20. The van der Waals surface area contributed by atoms with Gasteiger partial charge in [0.05, 0.1) is 11.0 Å². The first-order chi connectivity index (χ1) is 13.8. The van der Waals surface area contributed by atoms with E-state index >= 15 is 0 Å². The van der Waals surface area contributed by atoms with Crippen LogP contribution in [0.1, 0.15) is 48.9 Å². The lowest BCUT2D eigenvalue weighted by atomic mass is 9.95. The molecule has 1 heterocycles. The topological polar surface area (TPSA) is 123 Å². The Morgan fingerprint density at radius 2 is 2.03 bits per heavy atom. The Morgan fingerprint density at radius 1 is 1.31 bits per heavy atom. The Morgan fingerprint density at radius 3 is 2.72 bits per heavy atom. The fraction of sp³-hybridized carbons (Fsp3) is 0.450. The summed E-state index contributed by atoms with van der Waals surface area (Å²) in [5, 5.41) is 11.7. The highest BCUT2D eigenvalue weighted by molar-refractivity contribution is 7.89. The fourth-order valence-electron chi connectivity index (χ4n) is 3.54. The first-order valence-electron chi connectivity index (χ1n) is 9.64. The van der Waals surface area contributed by atoms with Gasteiger partial charge in [0.1, 0.15) is 5.56 Å². The number of H-pyrrole nitrogens is 1. The maximum absolute atomic E-state index is 12.9. The number of amides is 1. The third-order valence-electron chi connectivity index (χ3n) is 5.28. The number of hydrogen-bond acceptors (Lipinski definition) is 5. The number of nitrogens with one attached hydrogen (secondary N) is 2. The van der Waals surface area contributed by atoms with E-state index in [0.717, 1.165) is 36.4 Å². The summed E-state index contributed by atoms with van der Waals surface area (Å²) < 4.78 is 26.5. The smallest absolute Gasteiger partial charge is 0.256 e. The Hall–Kier alpha value is -2.70. The van der Waals surface area contributed by atoms with E-state index in [9.17, 15) is 18.0 Å². The van der Waals surface area contributed by atoms with Crippen LogP contribution in [0.15, 0.2) is 34.1 Å². The summed E-state index contributed by atoms with van der Waals surface area (Å²) in [4.78, 5) is 28.4. The van der Waals surface area contributed by atoms with Crippen molar-refractivity contribution in [2.45, 2.75) is 49.5 Å². The van der Waals surface area contributed by atoms with Crippen molar-refractivity contribution in [2.24, 2.45) is 0 Å². The summed E-state index contributed by atoms with van der Waals surface area (Å²) in [6.07, 6.45) is 6.50. The van der Waals surface area contributed by atoms with E-state index < -0.39 is 21.4 Å². The van der Waals surface area contributed by atoms with E-state index in [1.807, 2.05) is 6.07 Å². The van der Waals surface area contributed by atoms with Crippen LogP contribution in [0.25, 0.3) is 10.9 Å². The van der Waals surface area contributed by atoms with Gasteiger partial charge in [-0.1, -0.05) is 19.3 Å². The Bertz CT molecular complexity index is 1110. The summed E-state index contributed by atoms with van der Waals surface area (Å²) >= 11 is 0. The van der Waals surface area contributed by atoms with E-state index in [1.54, 1.807) is 0 Å². The van der Waals surface area contributed by atoms with Crippen molar-refractivity contribution >= 4 is 26.8 Å². The number of nitrogens with zero attached hydrogens (tertiary/aromatic N) is 2. The summed E-state index contributed by atoms with van der Waals surface area (Å²) in [6.45, 7) is 0.0526. The number of rotatable bonds is 6. The van der Waals surface area contributed by atoms with Gasteiger partial charge in [0.15, 0.2) is 0 Å². The lowest BCUT2D eigenvalue weighted by Gasteiger charge is -2.22. The molecule has 8 nitrogen and oxygen atoms in total.